The number of nitrogens with one attached hydrogen (secondary N) is 1. The Balaban J connectivity index is 1.94. The van der Waals surface area contributed by atoms with Gasteiger partial charge in [-0.15, -0.1) is 0 Å². The number of aromatic nitrogens is 1. The van der Waals surface area contributed by atoms with Crippen LogP contribution in [-0.2, 0) is 6.18 Å². The Kier molecular flexibility index (Phi) is 5.93. The number of amides is 1. The standard InChI is InChI=1S/C21H18F4N2O3/c1-11(28)18(15-5-3-4-6-16(15)22)26-20(29)17-12(2)30-27-19(17)13-7-9-14(10-8-13)21(23,24)25/h3-11,18,28H,1-2H3,(H,26,29). The SMILES string of the molecule is Cc1onc(-c2ccc(C(F)(F)F)cc2)c1C(=O)NC(c1ccccc1F)C(C)O. The summed E-state index contributed by atoms with van der Waals surface area (Å²) >= 11 is 0. The summed E-state index contributed by atoms with van der Waals surface area (Å²) in [5.74, 6) is -1.19. The maximum Gasteiger partial charge on any atom is 0.416 e. The number of aliphatic hydroxyl groups excluding tert-OH is 1. The van der Waals surface area contributed by atoms with Crippen LogP contribution in [0, 0.1) is 12.7 Å². The normalized spacial score (nSPS) is 13.7. The van der Waals surface area contributed by atoms with E-state index >= 15 is 0 Å². The van der Waals surface area contributed by atoms with Gasteiger partial charge in [0.15, 0.2) is 0 Å². The molecule has 1 heterocycles. The molecule has 0 radical (unpaired) electrons. The molecule has 1 amide bonds. The third kappa shape index (κ3) is 4.35. The molecule has 30 heavy (non-hydrogen) atoms. The fraction of sp³-hybridized carbons (Fsp3) is 0.238. The molecule has 0 saturated heterocycles. The highest BCUT2D eigenvalue weighted by Gasteiger charge is 2.31. The minimum atomic E-state index is -4.50. The van der Waals surface area contributed by atoms with Crippen LogP contribution < -0.4 is 5.32 Å². The zero-order chi connectivity index (χ0) is 22.1. The third-order valence-corrected chi connectivity index (χ3v) is 4.58. The van der Waals surface area contributed by atoms with Crippen molar-refractivity contribution in [1.82, 2.24) is 10.5 Å². The molecule has 2 aromatic carbocycles. The van der Waals surface area contributed by atoms with Crippen LogP contribution in [0.4, 0.5) is 17.6 Å². The fourth-order valence-electron chi connectivity index (χ4n) is 3.05. The van der Waals surface area contributed by atoms with E-state index in [1.165, 1.54) is 44.2 Å². The van der Waals surface area contributed by atoms with Gasteiger partial charge in [-0.05, 0) is 32.0 Å². The second-order valence-electron chi connectivity index (χ2n) is 6.75. The largest absolute Gasteiger partial charge is 0.416 e. The van der Waals surface area contributed by atoms with Crippen LogP contribution in [0.3, 0.4) is 0 Å². The van der Waals surface area contributed by atoms with Gasteiger partial charge < -0.3 is 14.9 Å². The quantitative estimate of drug-likeness (QED) is 0.587. The van der Waals surface area contributed by atoms with E-state index in [2.05, 4.69) is 10.5 Å². The van der Waals surface area contributed by atoms with Gasteiger partial charge in [-0.25, -0.2) is 4.39 Å². The van der Waals surface area contributed by atoms with Crippen molar-refractivity contribution < 1.29 is 32.0 Å². The summed E-state index contributed by atoms with van der Waals surface area (Å²) < 4.78 is 57.6. The molecule has 5 nitrogen and oxygen atoms in total. The summed E-state index contributed by atoms with van der Waals surface area (Å²) in [6.45, 7) is 2.87. The molecule has 158 valence electrons. The van der Waals surface area contributed by atoms with Crippen LogP contribution in [0.5, 0.6) is 0 Å². The number of halogens is 4. The first-order chi connectivity index (χ1) is 14.1. The Morgan fingerprint density at radius 1 is 1.13 bits per heavy atom. The maximum absolute atomic E-state index is 14.2. The zero-order valence-corrected chi connectivity index (χ0v) is 16.0. The van der Waals surface area contributed by atoms with Crippen LogP contribution >= 0.6 is 0 Å². The maximum atomic E-state index is 14.2. The van der Waals surface area contributed by atoms with Gasteiger partial charge in [-0.3, -0.25) is 4.79 Å². The highest BCUT2D eigenvalue weighted by molar-refractivity contribution is 6.01. The number of nitrogens with zero attached hydrogens (tertiary/aromatic N) is 1. The van der Waals surface area contributed by atoms with E-state index in [0.29, 0.717) is 0 Å². The molecule has 0 aliphatic rings. The topological polar surface area (TPSA) is 75.4 Å². The van der Waals surface area contributed by atoms with E-state index in [4.69, 9.17) is 4.52 Å². The molecule has 3 aromatic rings. The lowest BCUT2D eigenvalue weighted by Gasteiger charge is -2.22. The Morgan fingerprint density at radius 2 is 1.77 bits per heavy atom. The highest BCUT2D eigenvalue weighted by atomic mass is 19.4. The molecule has 0 aliphatic heterocycles. The monoisotopic (exact) mass is 422 g/mol. The number of carbonyl (C=O) groups excluding carboxylic acids is 1. The number of aliphatic hydroxyl groups is 1. The Morgan fingerprint density at radius 3 is 2.33 bits per heavy atom. The molecule has 0 aliphatic carbocycles. The molecule has 0 fully saturated rings. The molecule has 0 saturated carbocycles. The van der Waals surface area contributed by atoms with Crippen LogP contribution in [0.1, 0.15) is 40.2 Å². The molecule has 1 aromatic heterocycles. The summed E-state index contributed by atoms with van der Waals surface area (Å²) in [6.07, 6.45) is -5.62. The second kappa shape index (κ2) is 8.27. The highest BCUT2D eigenvalue weighted by Crippen LogP contribution is 2.32. The van der Waals surface area contributed by atoms with E-state index in [-0.39, 0.29) is 28.1 Å². The first-order valence-corrected chi connectivity index (χ1v) is 8.97. The van der Waals surface area contributed by atoms with Gasteiger partial charge in [-0.1, -0.05) is 35.5 Å². The van der Waals surface area contributed by atoms with Crippen LogP contribution in [0.25, 0.3) is 11.3 Å². The van der Waals surface area contributed by atoms with Crippen molar-refractivity contribution in [2.24, 2.45) is 0 Å². The van der Waals surface area contributed by atoms with E-state index in [1.807, 2.05) is 0 Å². The van der Waals surface area contributed by atoms with E-state index in [1.54, 1.807) is 6.07 Å². The van der Waals surface area contributed by atoms with Crippen LogP contribution in [0.15, 0.2) is 53.1 Å². The molecular weight excluding hydrogens is 404 g/mol. The molecule has 2 N–H and O–H groups in total. The summed E-state index contributed by atoms with van der Waals surface area (Å²) in [4.78, 5) is 12.9. The number of aryl methyl sites for hydroxylation is 1. The number of carbonyl (C=O) groups is 1. The zero-order valence-electron chi connectivity index (χ0n) is 16.0. The average Bonchev–Trinajstić information content (AvgIpc) is 3.07. The molecule has 0 bridgehead atoms. The van der Waals surface area contributed by atoms with E-state index in [9.17, 15) is 27.5 Å². The van der Waals surface area contributed by atoms with Crippen molar-refractivity contribution in [2.45, 2.75) is 32.2 Å². The van der Waals surface area contributed by atoms with Gasteiger partial charge in [0.2, 0.25) is 0 Å². The first kappa shape index (κ1) is 21.5. The Labute approximate surface area is 169 Å². The van der Waals surface area contributed by atoms with Crippen molar-refractivity contribution in [2.75, 3.05) is 0 Å². The molecule has 9 heteroatoms. The van der Waals surface area contributed by atoms with Gasteiger partial charge >= 0.3 is 6.18 Å². The number of hydrogen-bond acceptors (Lipinski definition) is 4. The fourth-order valence-corrected chi connectivity index (χ4v) is 3.05. The third-order valence-electron chi connectivity index (χ3n) is 4.58. The summed E-state index contributed by atoms with van der Waals surface area (Å²) in [6, 6.07) is 8.73. The summed E-state index contributed by atoms with van der Waals surface area (Å²) in [5.41, 5.74) is -0.491. The predicted molar refractivity (Wildman–Crippen MR) is 100.0 cm³/mol. The van der Waals surface area contributed by atoms with E-state index < -0.39 is 35.6 Å². The number of alkyl halides is 3. The van der Waals surface area contributed by atoms with Gasteiger partial charge in [0.25, 0.3) is 5.91 Å². The summed E-state index contributed by atoms with van der Waals surface area (Å²) in [7, 11) is 0. The summed E-state index contributed by atoms with van der Waals surface area (Å²) in [5, 5.41) is 16.4. The van der Waals surface area contributed by atoms with Gasteiger partial charge in [-0.2, -0.15) is 13.2 Å². The van der Waals surface area contributed by atoms with Gasteiger partial charge in [0.1, 0.15) is 22.8 Å². The molecule has 2 unspecified atom stereocenters. The lowest BCUT2D eigenvalue weighted by atomic mass is 10.00. The number of rotatable bonds is 5. The molecule has 3 rings (SSSR count). The lowest BCUT2D eigenvalue weighted by Crippen LogP contribution is -2.36. The van der Waals surface area contributed by atoms with Crippen molar-refractivity contribution in [1.29, 1.82) is 0 Å². The second-order valence-corrected chi connectivity index (χ2v) is 6.75. The van der Waals surface area contributed by atoms with Gasteiger partial charge in [0.05, 0.1) is 17.7 Å². The lowest BCUT2D eigenvalue weighted by molar-refractivity contribution is -0.137. The average molecular weight is 422 g/mol. The van der Waals surface area contributed by atoms with Crippen molar-refractivity contribution in [3.63, 3.8) is 0 Å². The van der Waals surface area contributed by atoms with Crippen molar-refractivity contribution >= 4 is 5.91 Å². The van der Waals surface area contributed by atoms with Crippen molar-refractivity contribution in [3.05, 3.63) is 76.8 Å². The Hall–Kier alpha value is -3.20. The molecule has 0 spiro atoms. The number of hydrogen-bond donors (Lipinski definition) is 2. The minimum Gasteiger partial charge on any atom is -0.391 e. The van der Waals surface area contributed by atoms with Crippen LogP contribution in [0.2, 0.25) is 0 Å². The molecular formula is C21H18F4N2O3. The minimum absolute atomic E-state index is 0.0169. The van der Waals surface area contributed by atoms with E-state index in [0.717, 1.165) is 12.1 Å². The number of benzene rings is 2. The van der Waals surface area contributed by atoms with Crippen LogP contribution in [-0.4, -0.2) is 22.3 Å². The first-order valence-electron chi connectivity index (χ1n) is 8.97. The Bertz CT molecular complexity index is 1040. The molecule has 2 atom stereocenters. The van der Waals surface area contributed by atoms with Crippen molar-refractivity contribution in [3.8, 4) is 11.3 Å². The predicted octanol–water partition coefficient (Wildman–Crippen LogP) is 4.66. The smallest absolute Gasteiger partial charge is 0.391 e. The van der Waals surface area contributed by atoms with Gasteiger partial charge in [0, 0.05) is 11.1 Å².